The molecule has 0 bridgehead atoms. The zero-order valence-electron chi connectivity index (χ0n) is 14.2. The van der Waals surface area contributed by atoms with Gasteiger partial charge in [-0.25, -0.2) is 0 Å². The number of H-pyrrole nitrogens is 1. The number of aromatic amines is 1. The van der Waals surface area contributed by atoms with Crippen molar-refractivity contribution in [2.24, 2.45) is 5.73 Å². The number of hydrogen-bond acceptors (Lipinski definition) is 2. The van der Waals surface area contributed by atoms with Gasteiger partial charge in [-0.3, -0.25) is 4.98 Å². The van der Waals surface area contributed by atoms with E-state index in [1.165, 1.54) is 33.2 Å². The van der Waals surface area contributed by atoms with Crippen LogP contribution in [-0.4, -0.2) is 16.5 Å². The van der Waals surface area contributed by atoms with E-state index >= 15 is 0 Å². The van der Waals surface area contributed by atoms with Crippen molar-refractivity contribution in [1.82, 2.24) is 9.97 Å². The van der Waals surface area contributed by atoms with Crippen molar-refractivity contribution in [3.63, 3.8) is 0 Å². The van der Waals surface area contributed by atoms with Crippen LogP contribution in [0.2, 0.25) is 0 Å². The standard InChI is InChI=1S/C20H25N3/c1-13-7-10-17(22-12-13)20-16(6-4-5-11-21)18-14(2)8-9-15(3)19(18)23-20/h7-10,12,23H,4-6,11,21H2,1-3H3. The number of aromatic nitrogens is 2. The van der Waals surface area contributed by atoms with Gasteiger partial charge in [-0.05, 0) is 74.9 Å². The Balaban J connectivity index is 2.19. The van der Waals surface area contributed by atoms with Crippen molar-refractivity contribution < 1.29 is 0 Å². The fourth-order valence-corrected chi connectivity index (χ4v) is 3.22. The first-order valence-corrected chi connectivity index (χ1v) is 8.35. The summed E-state index contributed by atoms with van der Waals surface area (Å²) in [5.41, 5.74) is 14.3. The molecule has 3 rings (SSSR count). The molecule has 0 spiro atoms. The Morgan fingerprint density at radius 1 is 1.00 bits per heavy atom. The highest BCUT2D eigenvalue weighted by Crippen LogP contribution is 2.34. The van der Waals surface area contributed by atoms with E-state index in [0.29, 0.717) is 0 Å². The van der Waals surface area contributed by atoms with Gasteiger partial charge in [0.15, 0.2) is 0 Å². The third-order valence-corrected chi connectivity index (χ3v) is 4.52. The van der Waals surface area contributed by atoms with Crippen LogP contribution < -0.4 is 5.73 Å². The number of rotatable bonds is 5. The number of pyridine rings is 1. The number of benzene rings is 1. The van der Waals surface area contributed by atoms with Crippen LogP contribution in [-0.2, 0) is 6.42 Å². The minimum atomic E-state index is 0.748. The molecule has 2 aromatic heterocycles. The van der Waals surface area contributed by atoms with Gasteiger partial charge in [0.05, 0.1) is 11.4 Å². The molecule has 0 amide bonds. The third kappa shape index (κ3) is 3.02. The minimum absolute atomic E-state index is 0.748. The van der Waals surface area contributed by atoms with E-state index in [1.807, 2.05) is 6.20 Å². The molecule has 3 aromatic rings. The second-order valence-electron chi connectivity index (χ2n) is 6.39. The molecule has 0 saturated heterocycles. The molecule has 3 N–H and O–H groups in total. The molecular formula is C20H25N3. The second-order valence-corrected chi connectivity index (χ2v) is 6.39. The minimum Gasteiger partial charge on any atom is -0.353 e. The highest BCUT2D eigenvalue weighted by Gasteiger charge is 2.16. The number of hydrogen-bond donors (Lipinski definition) is 2. The lowest BCUT2D eigenvalue weighted by Gasteiger charge is -2.06. The molecule has 0 unspecified atom stereocenters. The lowest BCUT2D eigenvalue weighted by atomic mass is 9.98. The molecule has 1 aromatic carbocycles. The molecule has 0 aliphatic rings. The van der Waals surface area contributed by atoms with Crippen LogP contribution in [0, 0.1) is 20.8 Å². The summed E-state index contributed by atoms with van der Waals surface area (Å²) in [4.78, 5) is 8.28. The molecule has 0 aliphatic carbocycles. The van der Waals surface area contributed by atoms with Crippen molar-refractivity contribution in [2.75, 3.05) is 6.54 Å². The molecule has 0 radical (unpaired) electrons. The monoisotopic (exact) mass is 307 g/mol. The summed E-state index contributed by atoms with van der Waals surface area (Å²) >= 11 is 0. The third-order valence-electron chi connectivity index (χ3n) is 4.52. The van der Waals surface area contributed by atoms with Crippen molar-refractivity contribution >= 4 is 10.9 Å². The fraction of sp³-hybridized carbons (Fsp3) is 0.350. The van der Waals surface area contributed by atoms with Crippen molar-refractivity contribution in [3.05, 3.63) is 52.7 Å². The van der Waals surface area contributed by atoms with Crippen LogP contribution >= 0.6 is 0 Å². The zero-order chi connectivity index (χ0) is 16.4. The Morgan fingerprint density at radius 3 is 2.48 bits per heavy atom. The topological polar surface area (TPSA) is 54.7 Å². The lowest BCUT2D eigenvalue weighted by molar-refractivity contribution is 0.748. The largest absolute Gasteiger partial charge is 0.353 e. The van der Waals surface area contributed by atoms with Gasteiger partial charge in [-0.15, -0.1) is 0 Å². The Bertz CT molecular complexity index is 813. The van der Waals surface area contributed by atoms with Crippen LogP contribution in [0.5, 0.6) is 0 Å². The molecule has 0 aliphatic heterocycles. The molecule has 23 heavy (non-hydrogen) atoms. The molecule has 0 atom stereocenters. The first-order valence-electron chi connectivity index (χ1n) is 8.35. The maximum absolute atomic E-state index is 5.68. The SMILES string of the molecule is Cc1ccc(-c2[nH]c3c(C)ccc(C)c3c2CCCCN)nc1. The number of fused-ring (bicyclic) bond motifs is 1. The van der Waals surface area contributed by atoms with E-state index in [9.17, 15) is 0 Å². The zero-order valence-corrected chi connectivity index (χ0v) is 14.2. The predicted molar refractivity (Wildman–Crippen MR) is 97.7 cm³/mol. The number of nitrogens with zero attached hydrogens (tertiary/aromatic N) is 1. The van der Waals surface area contributed by atoms with E-state index in [1.54, 1.807) is 0 Å². The summed E-state index contributed by atoms with van der Waals surface area (Å²) in [7, 11) is 0. The second kappa shape index (κ2) is 6.55. The van der Waals surface area contributed by atoms with Gasteiger partial charge in [0.1, 0.15) is 0 Å². The van der Waals surface area contributed by atoms with E-state index in [-0.39, 0.29) is 0 Å². The van der Waals surface area contributed by atoms with E-state index < -0.39 is 0 Å². The molecule has 2 heterocycles. The van der Waals surface area contributed by atoms with Gasteiger partial charge in [0.2, 0.25) is 0 Å². The molecule has 0 saturated carbocycles. The van der Waals surface area contributed by atoms with Crippen LogP contribution in [0.3, 0.4) is 0 Å². The van der Waals surface area contributed by atoms with Gasteiger partial charge < -0.3 is 10.7 Å². The molecular weight excluding hydrogens is 282 g/mol. The Labute approximate surface area is 137 Å². The van der Waals surface area contributed by atoms with E-state index in [2.05, 4.69) is 55.0 Å². The Hall–Kier alpha value is -2.13. The smallest absolute Gasteiger partial charge is 0.0867 e. The van der Waals surface area contributed by atoms with E-state index in [0.717, 1.165) is 37.2 Å². The van der Waals surface area contributed by atoms with Crippen molar-refractivity contribution in [1.29, 1.82) is 0 Å². The number of nitrogens with one attached hydrogen (secondary N) is 1. The average Bonchev–Trinajstić information content (AvgIpc) is 2.93. The highest BCUT2D eigenvalue weighted by molar-refractivity contribution is 5.94. The van der Waals surface area contributed by atoms with Crippen LogP contribution in [0.25, 0.3) is 22.3 Å². The average molecular weight is 307 g/mol. The summed E-state index contributed by atoms with van der Waals surface area (Å²) in [5, 5.41) is 1.36. The van der Waals surface area contributed by atoms with E-state index in [4.69, 9.17) is 5.73 Å². The quantitative estimate of drug-likeness (QED) is 0.685. The van der Waals surface area contributed by atoms with Gasteiger partial charge in [0, 0.05) is 17.1 Å². The summed E-state index contributed by atoms with van der Waals surface area (Å²) in [5.74, 6) is 0. The van der Waals surface area contributed by atoms with Crippen molar-refractivity contribution in [2.45, 2.75) is 40.0 Å². The maximum atomic E-state index is 5.68. The lowest BCUT2D eigenvalue weighted by Crippen LogP contribution is -1.99. The number of nitrogens with two attached hydrogens (primary N) is 1. The van der Waals surface area contributed by atoms with Gasteiger partial charge in [-0.1, -0.05) is 18.2 Å². The normalized spacial score (nSPS) is 11.3. The van der Waals surface area contributed by atoms with Gasteiger partial charge >= 0.3 is 0 Å². The summed E-state index contributed by atoms with van der Waals surface area (Å²) in [6.45, 7) is 7.17. The van der Waals surface area contributed by atoms with Crippen LogP contribution in [0.15, 0.2) is 30.5 Å². The van der Waals surface area contributed by atoms with Crippen molar-refractivity contribution in [3.8, 4) is 11.4 Å². The predicted octanol–water partition coefficient (Wildman–Crippen LogP) is 4.44. The Kier molecular flexibility index (Phi) is 4.49. The Morgan fingerprint density at radius 2 is 1.78 bits per heavy atom. The van der Waals surface area contributed by atoms with Gasteiger partial charge in [0.25, 0.3) is 0 Å². The number of aryl methyl sites for hydroxylation is 4. The summed E-state index contributed by atoms with van der Waals surface area (Å²) in [6.07, 6.45) is 5.13. The first kappa shape index (κ1) is 15.8. The molecule has 3 nitrogen and oxygen atoms in total. The van der Waals surface area contributed by atoms with Gasteiger partial charge in [-0.2, -0.15) is 0 Å². The molecule has 0 fully saturated rings. The van der Waals surface area contributed by atoms with Crippen LogP contribution in [0.1, 0.15) is 35.1 Å². The highest BCUT2D eigenvalue weighted by atomic mass is 14.8. The maximum Gasteiger partial charge on any atom is 0.0867 e. The molecule has 120 valence electrons. The first-order chi connectivity index (χ1) is 11.1. The fourth-order valence-electron chi connectivity index (χ4n) is 3.22. The summed E-state index contributed by atoms with van der Waals surface area (Å²) in [6, 6.07) is 8.63. The summed E-state index contributed by atoms with van der Waals surface area (Å²) < 4.78 is 0. The van der Waals surface area contributed by atoms with Crippen LogP contribution in [0.4, 0.5) is 0 Å². The molecule has 3 heteroatoms. The number of unbranched alkanes of at least 4 members (excludes halogenated alkanes) is 1.